The molecule has 3 atom stereocenters. The van der Waals surface area contributed by atoms with Gasteiger partial charge in [0, 0.05) is 22.5 Å². The maximum atomic E-state index is 12.9. The summed E-state index contributed by atoms with van der Waals surface area (Å²) in [5.74, 6) is -0.594. The molecule has 0 heterocycles. The average molecular weight is 752 g/mol. The molecule has 0 saturated carbocycles. The molecule has 2 amide bonds. The fraction of sp³-hybridized carbons (Fsp3) is 0.364. The fourth-order valence-electron chi connectivity index (χ4n) is 5.72. The lowest BCUT2D eigenvalue weighted by Crippen LogP contribution is -2.35. The molecule has 0 fully saturated rings. The molecule has 2 unspecified atom stereocenters. The summed E-state index contributed by atoms with van der Waals surface area (Å²) in [6.45, 7) is 8.23. The lowest BCUT2D eigenvalue weighted by Gasteiger charge is -2.17. The van der Waals surface area contributed by atoms with Crippen molar-refractivity contribution in [3.63, 3.8) is 0 Å². The van der Waals surface area contributed by atoms with Gasteiger partial charge in [-0.15, -0.1) is 0 Å². The number of carbonyl (C=O) groups is 4. The number of esters is 2. The van der Waals surface area contributed by atoms with Crippen LogP contribution in [0.1, 0.15) is 104 Å². The van der Waals surface area contributed by atoms with Gasteiger partial charge < -0.3 is 35.3 Å². The van der Waals surface area contributed by atoms with E-state index < -0.39 is 18.0 Å². The summed E-state index contributed by atoms with van der Waals surface area (Å²) in [5, 5.41) is 5.71. The molecule has 4 aromatic rings. The van der Waals surface area contributed by atoms with Gasteiger partial charge in [0.25, 0.3) is 11.8 Å². The number of anilines is 2. The van der Waals surface area contributed by atoms with Crippen molar-refractivity contribution in [3.8, 4) is 11.5 Å². The van der Waals surface area contributed by atoms with Gasteiger partial charge in [0.2, 0.25) is 0 Å². The van der Waals surface area contributed by atoms with Crippen molar-refractivity contribution in [3.05, 3.63) is 119 Å². The third kappa shape index (κ3) is 13.9. The highest BCUT2D eigenvalue weighted by atomic mass is 16.5. The van der Waals surface area contributed by atoms with Gasteiger partial charge in [-0.25, -0.2) is 0 Å². The molecule has 292 valence electrons. The number of amides is 2. The van der Waals surface area contributed by atoms with Crippen LogP contribution in [0.4, 0.5) is 11.4 Å². The Labute approximate surface area is 323 Å². The van der Waals surface area contributed by atoms with Gasteiger partial charge in [-0.3, -0.25) is 19.2 Å². The summed E-state index contributed by atoms with van der Waals surface area (Å²) < 4.78 is 22.7. The minimum atomic E-state index is -1.24. The maximum Gasteiger partial charge on any atom is 0.323 e. The first-order valence-corrected chi connectivity index (χ1v) is 19.0. The van der Waals surface area contributed by atoms with E-state index in [9.17, 15) is 19.2 Å². The van der Waals surface area contributed by atoms with Crippen LogP contribution in [0, 0.1) is 0 Å². The average Bonchev–Trinajstić information content (AvgIpc) is 3.19. The van der Waals surface area contributed by atoms with Crippen LogP contribution in [0.3, 0.4) is 0 Å². The molecule has 0 aromatic heterocycles. The first kappa shape index (κ1) is 42.1. The molecule has 0 spiro atoms. The smallest absolute Gasteiger partial charge is 0.323 e. The highest BCUT2D eigenvalue weighted by Gasteiger charge is 2.21. The standard InChI is InChI=1S/C44H53N3O8/c1-5-11-36(7-3)54-38-21-17-32(18-22-38)42(49)46-34-15-9-13-30(25-34)28-52-41(48)27-40(45)44(51)53-29-31-14-10-16-35(26-31)47-43(50)33-19-23-39(24-20-33)55-37(8-4)12-6-2/h9-10,13-26,36-37,40H,5-8,11-12,27-29,45H2,1-4H3,(H,46,49)(H,47,50)/t36?,37?,40-/m0/s1. The summed E-state index contributed by atoms with van der Waals surface area (Å²) in [7, 11) is 0. The van der Waals surface area contributed by atoms with Crippen LogP contribution in [0.2, 0.25) is 0 Å². The Morgan fingerprint density at radius 1 is 0.600 bits per heavy atom. The minimum absolute atomic E-state index is 0.0819. The molecule has 0 aliphatic heterocycles. The molecule has 11 heteroatoms. The highest BCUT2D eigenvalue weighted by molar-refractivity contribution is 6.05. The Balaban J connectivity index is 1.19. The second-order valence-corrected chi connectivity index (χ2v) is 13.3. The molecule has 0 saturated heterocycles. The predicted molar refractivity (Wildman–Crippen MR) is 213 cm³/mol. The molecular formula is C44H53N3O8. The largest absolute Gasteiger partial charge is 0.490 e. The molecular weight excluding hydrogens is 698 g/mol. The molecule has 55 heavy (non-hydrogen) atoms. The molecule has 4 aromatic carbocycles. The van der Waals surface area contributed by atoms with Gasteiger partial charge in [-0.2, -0.15) is 0 Å². The quantitative estimate of drug-likeness (QED) is 0.0710. The molecule has 0 aliphatic rings. The summed E-state index contributed by atoms with van der Waals surface area (Å²) in [6.07, 6.45) is 5.73. The minimum Gasteiger partial charge on any atom is -0.490 e. The summed E-state index contributed by atoms with van der Waals surface area (Å²) >= 11 is 0. The van der Waals surface area contributed by atoms with Crippen molar-refractivity contribution in [1.82, 2.24) is 0 Å². The number of hydrogen-bond acceptors (Lipinski definition) is 9. The Kier molecular flexibility index (Phi) is 16.7. The zero-order valence-corrected chi connectivity index (χ0v) is 32.2. The Morgan fingerprint density at radius 3 is 1.45 bits per heavy atom. The van der Waals surface area contributed by atoms with E-state index in [1.165, 1.54) is 0 Å². The van der Waals surface area contributed by atoms with E-state index in [4.69, 9.17) is 24.7 Å². The van der Waals surface area contributed by atoms with E-state index in [1.807, 2.05) is 0 Å². The third-order valence-electron chi connectivity index (χ3n) is 8.81. The van der Waals surface area contributed by atoms with Crippen molar-refractivity contribution in [2.75, 3.05) is 10.6 Å². The first-order chi connectivity index (χ1) is 26.6. The fourth-order valence-corrected chi connectivity index (χ4v) is 5.72. The van der Waals surface area contributed by atoms with Crippen molar-refractivity contribution in [1.29, 1.82) is 0 Å². The van der Waals surface area contributed by atoms with Crippen molar-refractivity contribution >= 4 is 35.1 Å². The Morgan fingerprint density at radius 2 is 1.04 bits per heavy atom. The molecule has 11 nitrogen and oxygen atoms in total. The van der Waals surface area contributed by atoms with E-state index in [2.05, 4.69) is 38.3 Å². The zero-order valence-electron chi connectivity index (χ0n) is 32.2. The summed E-state index contributed by atoms with van der Waals surface area (Å²) in [4.78, 5) is 50.9. The number of nitrogens with two attached hydrogens (primary N) is 1. The monoisotopic (exact) mass is 751 g/mol. The molecule has 4 N–H and O–H groups in total. The van der Waals surface area contributed by atoms with Crippen LogP contribution in [0.5, 0.6) is 11.5 Å². The molecule has 0 radical (unpaired) electrons. The number of rotatable bonds is 21. The van der Waals surface area contributed by atoms with Crippen LogP contribution in [0.15, 0.2) is 97.1 Å². The van der Waals surface area contributed by atoms with E-state index >= 15 is 0 Å². The number of benzene rings is 4. The van der Waals surface area contributed by atoms with Crippen LogP contribution < -0.4 is 25.8 Å². The van der Waals surface area contributed by atoms with Gasteiger partial charge in [0.05, 0.1) is 18.6 Å². The van der Waals surface area contributed by atoms with E-state index in [0.717, 1.165) is 50.0 Å². The molecule has 0 aliphatic carbocycles. The molecule has 0 bridgehead atoms. The van der Waals surface area contributed by atoms with Crippen LogP contribution in [-0.2, 0) is 32.3 Å². The van der Waals surface area contributed by atoms with Gasteiger partial charge in [0.15, 0.2) is 0 Å². The van der Waals surface area contributed by atoms with Crippen LogP contribution in [0.25, 0.3) is 0 Å². The van der Waals surface area contributed by atoms with Crippen LogP contribution >= 0.6 is 0 Å². The number of hydrogen-bond donors (Lipinski definition) is 3. The highest BCUT2D eigenvalue weighted by Crippen LogP contribution is 2.21. The SMILES string of the molecule is CCCC(CC)Oc1ccc(C(=O)Nc2cccc(COC(=O)C[C@H](N)C(=O)OCc3cccc(NC(=O)c4ccc(OC(CC)CCC)cc4)c3)c2)cc1. The zero-order chi connectivity index (χ0) is 39.6. The van der Waals surface area contributed by atoms with E-state index in [1.54, 1.807) is 97.1 Å². The maximum absolute atomic E-state index is 12.9. The number of ether oxygens (including phenoxy) is 4. The van der Waals surface area contributed by atoms with Crippen molar-refractivity contribution < 1.29 is 38.1 Å². The van der Waals surface area contributed by atoms with Gasteiger partial charge in [-0.1, -0.05) is 64.8 Å². The second-order valence-electron chi connectivity index (χ2n) is 13.3. The normalized spacial score (nSPS) is 12.5. The first-order valence-electron chi connectivity index (χ1n) is 19.0. The van der Waals surface area contributed by atoms with Gasteiger partial charge >= 0.3 is 11.9 Å². The number of carbonyl (C=O) groups excluding carboxylic acids is 4. The third-order valence-corrected chi connectivity index (χ3v) is 8.81. The summed E-state index contributed by atoms with van der Waals surface area (Å²) in [5.41, 5.74) is 9.23. The lowest BCUT2D eigenvalue weighted by molar-refractivity contribution is -0.153. The van der Waals surface area contributed by atoms with Gasteiger partial charge in [0.1, 0.15) is 30.8 Å². The Hall–Kier alpha value is -5.68. The number of nitrogens with one attached hydrogen (secondary N) is 2. The lowest BCUT2D eigenvalue weighted by atomic mass is 10.1. The molecule has 4 rings (SSSR count). The predicted octanol–water partition coefficient (Wildman–Crippen LogP) is 8.61. The Bertz CT molecular complexity index is 1840. The second kappa shape index (κ2) is 21.9. The van der Waals surface area contributed by atoms with E-state index in [-0.39, 0.29) is 43.7 Å². The van der Waals surface area contributed by atoms with Crippen LogP contribution in [-0.4, -0.2) is 42.0 Å². The van der Waals surface area contributed by atoms with E-state index in [0.29, 0.717) is 33.6 Å². The summed E-state index contributed by atoms with van der Waals surface area (Å²) in [6, 6.07) is 26.6. The van der Waals surface area contributed by atoms with Crippen molar-refractivity contribution in [2.24, 2.45) is 5.73 Å². The van der Waals surface area contributed by atoms with Gasteiger partial charge in [-0.05, 0) is 110 Å². The topological polar surface area (TPSA) is 155 Å². The van der Waals surface area contributed by atoms with Crippen molar-refractivity contribution in [2.45, 2.75) is 104 Å².